The van der Waals surface area contributed by atoms with E-state index in [4.69, 9.17) is 0 Å². The van der Waals surface area contributed by atoms with E-state index in [9.17, 15) is 30.4 Å². The van der Waals surface area contributed by atoms with Gasteiger partial charge in [-0.25, -0.2) is 0 Å². The van der Waals surface area contributed by atoms with Gasteiger partial charge in [-0.1, -0.05) is 39.8 Å². The second-order valence-corrected chi connectivity index (χ2v) is 8.14. The van der Waals surface area contributed by atoms with E-state index in [1.165, 1.54) is 0 Å². The Labute approximate surface area is 138 Å². The highest BCUT2D eigenvalue weighted by molar-refractivity contribution is 7.38. The standard InChI is InChI=1S/C15H18F3S.BF4/c1-5-10-7-6-8-12-11(10)9-13(14(2,3)4)19(12)15(16,17)18;2-1(3,4)5/h6-9H,5H2,1-4H3;/q+1;-1. The lowest BCUT2D eigenvalue weighted by Gasteiger charge is -2.13. The topological polar surface area (TPSA) is 0 Å². The summed E-state index contributed by atoms with van der Waals surface area (Å²) in [6.45, 7) is 7.52. The number of thiophene rings is 1. The van der Waals surface area contributed by atoms with Crippen LogP contribution in [0.5, 0.6) is 0 Å². The molecular formula is C15H18BF7S. The van der Waals surface area contributed by atoms with E-state index in [0.29, 0.717) is 9.58 Å². The molecular weight excluding hydrogens is 356 g/mol. The summed E-state index contributed by atoms with van der Waals surface area (Å²) in [5.41, 5.74) is -3.67. The van der Waals surface area contributed by atoms with Crippen LogP contribution in [0.2, 0.25) is 0 Å². The van der Waals surface area contributed by atoms with Gasteiger partial charge in [0, 0.05) is 16.9 Å². The fourth-order valence-corrected chi connectivity index (χ4v) is 4.53. The van der Waals surface area contributed by atoms with Gasteiger partial charge < -0.3 is 17.3 Å². The first-order valence-corrected chi connectivity index (χ1v) is 8.41. The summed E-state index contributed by atoms with van der Waals surface area (Å²) < 4.78 is 79.7. The molecule has 9 heteroatoms. The Morgan fingerprint density at radius 2 is 1.50 bits per heavy atom. The van der Waals surface area contributed by atoms with Gasteiger partial charge >= 0.3 is 12.8 Å². The molecule has 0 N–H and O–H groups in total. The van der Waals surface area contributed by atoms with Crippen LogP contribution >= 0.6 is 10.5 Å². The molecule has 2 rings (SSSR count). The van der Waals surface area contributed by atoms with Gasteiger partial charge in [0.2, 0.25) is 0 Å². The lowest BCUT2D eigenvalue weighted by Crippen LogP contribution is -2.12. The molecule has 0 spiro atoms. The quantitative estimate of drug-likeness (QED) is 0.281. The number of alkyl halides is 3. The van der Waals surface area contributed by atoms with Crippen LogP contribution in [-0.2, 0) is 17.3 Å². The largest absolute Gasteiger partial charge is 0.673 e. The van der Waals surface area contributed by atoms with Crippen LogP contribution in [0.4, 0.5) is 30.4 Å². The third-order valence-corrected chi connectivity index (χ3v) is 5.65. The molecule has 0 amide bonds. The van der Waals surface area contributed by atoms with Gasteiger partial charge in [-0.3, -0.25) is 0 Å². The maximum atomic E-state index is 13.4. The smallest absolute Gasteiger partial charge is 0.418 e. The molecule has 1 aromatic carbocycles. The highest BCUT2D eigenvalue weighted by Gasteiger charge is 2.50. The Bertz CT molecular complexity index is 687. The van der Waals surface area contributed by atoms with Crippen molar-refractivity contribution < 1.29 is 30.4 Å². The van der Waals surface area contributed by atoms with Crippen LogP contribution < -0.4 is 0 Å². The molecule has 0 radical (unpaired) electrons. The second kappa shape index (κ2) is 6.94. The van der Waals surface area contributed by atoms with Gasteiger partial charge in [0.15, 0.2) is 9.58 Å². The summed E-state index contributed by atoms with van der Waals surface area (Å²) in [4.78, 5) is 0.496. The van der Waals surface area contributed by atoms with Crippen LogP contribution in [0, 0.1) is 0 Å². The van der Waals surface area contributed by atoms with Gasteiger partial charge in [-0.2, -0.15) is 0 Å². The Hall–Kier alpha value is -1.25. The van der Waals surface area contributed by atoms with Crippen molar-refractivity contribution in [3.63, 3.8) is 0 Å². The Morgan fingerprint density at radius 1 is 1.00 bits per heavy atom. The zero-order valence-electron chi connectivity index (χ0n) is 13.6. The number of hydrogen-bond donors (Lipinski definition) is 0. The monoisotopic (exact) mass is 374 g/mol. The lowest BCUT2D eigenvalue weighted by atomic mass is 9.94. The van der Waals surface area contributed by atoms with Crippen molar-refractivity contribution in [2.45, 2.75) is 45.0 Å². The van der Waals surface area contributed by atoms with Crippen molar-refractivity contribution in [1.82, 2.24) is 0 Å². The number of halogens is 7. The SMILES string of the molecule is CCc1cccc2c1cc(C(C)(C)C)[s+]2C(F)(F)F.F[B-](F)(F)F. The van der Waals surface area contributed by atoms with Gasteiger partial charge in [0.25, 0.3) is 0 Å². The first-order valence-electron chi connectivity index (χ1n) is 7.18. The molecule has 0 aliphatic carbocycles. The Balaban J connectivity index is 0.000000505. The van der Waals surface area contributed by atoms with Crippen LogP contribution in [0.25, 0.3) is 10.1 Å². The van der Waals surface area contributed by atoms with Crippen molar-refractivity contribution in [2.75, 3.05) is 0 Å². The Morgan fingerprint density at radius 3 is 1.88 bits per heavy atom. The van der Waals surface area contributed by atoms with E-state index in [1.54, 1.807) is 18.2 Å². The average Bonchev–Trinajstić information content (AvgIpc) is 2.75. The first-order chi connectivity index (χ1) is 10.7. The third kappa shape index (κ3) is 5.39. The normalized spacial score (nSPS) is 13.7. The highest BCUT2D eigenvalue weighted by atomic mass is 32.2. The molecule has 1 heterocycles. The first kappa shape index (κ1) is 20.8. The summed E-state index contributed by atoms with van der Waals surface area (Å²) in [6.07, 6.45) is 0.756. The molecule has 1 unspecified atom stereocenters. The molecule has 24 heavy (non-hydrogen) atoms. The summed E-state index contributed by atoms with van der Waals surface area (Å²) in [5.74, 6) is 0. The molecule has 136 valence electrons. The predicted molar refractivity (Wildman–Crippen MR) is 86.0 cm³/mol. The molecule has 0 saturated heterocycles. The second-order valence-electron chi connectivity index (χ2n) is 6.19. The summed E-state index contributed by atoms with van der Waals surface area (Å²) in [7, 11) is -7.78. The molecule has 0 aliphatic rings. The van der Waals surface area contributed by atoms with Crippen LogP contribution in [0.3, 0.4) is 0 Å². The summed E-state index contributed by atoms with van der Waals surface area (Å²) in [6, 6.07) is 7.05. The average molecular weight is 374 g/mol. The van der Waals surface area contributed by atoms with E-state index in [-0.39, 0.29) is 0 Å². The minimum Gasteiger partial charge on any atom is -0.418 e. The van der Waals surface area contributed by atoms with Crippen molar-refractivity contribution >= 4 is 27.8 Å². The third-order valence-electron chi connectivity index (χ3n) is 3.22. The number of benzene rings is 1. The number of fused-ring (bicyclic) bond motifs is 1. The molecule has 2 aromatic rings. The highest BCUT2D eigenvalue weighted by Crippen LogP contribution is 2.54. The molecule has 0 aliphatic heterocycles. The zero-order valence-corrected chi connectivity index (χ0v) is 14.5. The van der Waals surface area contributed by atoms with Crippen molar-refractivity contribution in [3.05, 3.63) is 34.7 Å². The lowest BCUT2D eigenvalue weighted by molar-refractivity contribution is -0.0869. The summed E-state index contributed by atoms with van der Waals surface area (Å²) >= 11 is 0. The van der Waals surface area contributed by atoms with Crippen molar-refractivity contribution in [3.8, 4) is 0 Å². The molecule has 0 saturated carbocycles. The van der Waals surface area contributed by atoms with E-state index in [1.807, 2.05) is 33.8 Å². The predicted octanol–water partition coefficient (Wildman–Crippen LogP) is 7.23. The zero-order chi connectivity index (χ0) is 18.9. The van der Waals surface area contributed by atoms with Crippen molar-refractivity contribution in [2.24, 2.45) is 0 Å². The van der Waals surface area contributed by atoms with Crippen LogP contribution in [0.15, 0.2) is 24.3 Å². The van der Waals surface area contributed by atoms with E-state index in [2.05, 4.69) is 0 Å². The van der Waals surface area contributed by atoms with E-state index >= 15 is 0 Å². The van der Waals surface area contributed by atoms with Crippen molar-refractivity contribution in [1.29, 1.82) is 0 Å². The van der Waals surface area contributed by atoms with Gasteiger partial charge in [0.1, 0.15) is 0 Å². The molecule has 0 fully saturated rings. The van der Waals surface area contributed by atoms with Gasteiger partial charge in [-0.15, -0.1) is 13.2 Å². The Kier molecular flexibility index (Phi) is 6.01. The number of rotatable bonds is 1. The van der Waals surface area contributed by atoms with Gasteiger partial charge in [-0.05, 0) is 18.1 Å². The van der Waals surface area contributed by atoms with Crippen LogP contribution in [0.1, 0.15) is 38.1 Å². The molecule has 0 bridgehead atoms. The van der Waals surface area contributed by atoms with Gasteiger partial charge in [0.05, 0.1) is 10.5 Å². The number of hydrogen-bond acceptors (Lipinski definition) is 0. The fraction of sp³-hybridized carbons (Fsp3) is 0.467. The van der Waals surface area contributed by atoms with Crippen LogP contribution in [-0.4, -0.2) is 7.25 Å². The van der Waals surface area contributed by atoms with E-state index in [0.717, 1.165) is 17.4 Å². The number of aryl methyl sites for hydroxylation is 1. The molecule has 1 atom stereocenters. The summed E-state index contributed by atoms with van der Waals surface area (Å²) in [5, 5.41) is 0.788. The minimum atomic E-state index is -6.00. The maximum absolute atomic E-state index is 13.4. The molecule has 1 aromatic heterocycles. The maximum Gasteiger partial charge on any atom is 0.673 e. The fourth-order valence-electron chi connectivity index (χ4n) is 2.32. The van der Waals surface area contributed by atoms with E-state index < -0.39 is 28.6 Å². The molecule has 0 nitrogen and oxygen atoms in total. The minimum absolute atomic E-state index is 0.441.